The Bertz CT molecular complexity index is 246. The van der Waals surface area contributed by atoms with E-state index in [-0.39, 0.29) is 18.7 Å². The van der Waals surface area contributed by atoms with Crippen molar-refractivity contribution in [3.05, 3.63) is 18.7 Å². The summed E-state index contributed by atoms with van der Waals surface area (Å²) in [7, 11) is 0. The third-order valence-corrected chi connectivity index (χ3v) is 2.33. The van der Waals surface area contributed by atoms with Crippen LogP contribution in [0.3, 0.4) is 0 Å². The lowest BCUT2D eigenvalue weighted by Gasteiger charge is -2.24. The Morgan fingerprint density at radius 1 is 1.50 bits per heavy atom. The summed E-state index contributed by atoms with van der Waals surface area (Å²) in [4.78, 5) is 3.95. The van der Waals surface area contributed by atoms with Gasteiger partial charge in [-0.3, -0.25) is 0 Å². The molecule has 0 aliphatic carbocycles. The highest BCUT2D eigenvalue weighted by molar-refractivity contribution is 4.86. The second kappa shape index (κ2) is 5.12. The van der Waals surface area contributed by atoms with E-state index >= 15 is 0 Å². The van der Waals surface area contributed by atoms with Gasteiger partial charge in [0.1, 0.15) is 0 Å². The zero-order chi connectivity index (χ0) is 10.6. The lowest BCUT2D eigenvalue weighted by atomic mass is 9.98. The molecule has 2 unspecified atom stereocenters. The Labute approximate surface area is 84.8 Å². The van der Waals surface area contributed by atoms with Crippen LogP contribution < -0.4 is 5.73 Å². The van der Waals surface area contributed by atoms with Gasteiger partial charge in [-0.25, -0.2) is 4.98 Å². The Morgan fingerprint density at radius 3 is 2.64 bits per heavy atom. The number of nitrogens with zero attached hydrogens (tertiary/aromatic N) is 2. The summed E-state index contributed by atoms with van der Waals surface area (Å²) in [5.41, 5.74) is 6.01. The molecule has 1 aromatic heterocycles. The van der Waals surface area contributed by atoms with Crippen molar-refractivity contribution in [3.8, 4) is 0 Å². The molecule has 1 aromatic rings. The van der Waals surface area contributed by atoms with Gasteiger partial charge in [0.2, 0.25) is 0 Å². The zero-order valence-electron chi connectivity index (χ0n) is 8.80. The molecule has 0 radical (unpaired) electrons. The molecule has 0 bridgehead atoms. The molecule has 0 aliphatic heterocycles. The third kappa shape index (κ3) is 2.82. The zero-order valence-corrected chi connectivity index (χ0v) is 8.80. The van der Waals surface area contributed by atoms with Crippen molar-refractivity contribution in [2.75, 3.05) is 6.61 Å². The summed E-state index contributed by atoms with van der Waals surface area (Å²) in [6, 6.07) is -0.0749. The van der Waals surface area contributed by atoms with E-state index in [2.05, 4.69) is 18.8 Å². The van der Waals surface area contributed by atoms with Crippen LogP contribution >= 0.6 is 0 Å². The molecule has 0 amide bonds. The normalized spacial score (nSPS) is 15.8. The van der Waals surface area contributed by atoms with Crippen molar-refractivity contribution in [2.45, 2.75) is 32.4 Å². The summed E-state index contributed by atoms with van der Waals surface area (Å²) in [5.74, 6) is 0.544. The van der Waals surface area contributed by atoms with Crippen molar-refractivity contribution in [3.63, 3.8) is 0 Å². The predicted molar refractivity (Wildman–Crippen MR) is 55.8 cm³/mol. The Balaban J connectivity index is 2.62. The molecule has 14 heavy (non-hydrogen) atoms. The van der Waals surface area contributed by atoms with Gasteiger partial charge in [0.05, 0.1) is 19.0 Å². The van der Waals surface area contributed by atoms with Crippen molar-refractivity contribution in [2.24, 2.45) is 11.7 Å². The third-order valence-electron chi connectivity index (χ3n) is 2.33. The largest absolute Gasteiger partial charge is 0.394 e. The van der Waals surface area contributed by atoms with Crippen molar-refractivity contribution >= 4 is 0 Å². The molecule has 0 saturated carbocycles. The minimum atomic E-state index is -0.0556. The van der Waals surface area contributed by atoms with Gasteiger partial charge < -0.3 is 15.4 Å². The molecule has 1 heterocycles. The number of hydrogen-bond acceptors (Lipinski definition) is 3. The lowest BCUT2D eigenvalue weighted by molar-refractivity contribution is 0.197. The Kier molecular flexibility index (Phi) is 4.10. The van der Waals surface area contributed by atoms with Gasteiger partial charge in [0.25, 0.3) is 0 Å². The molecule has 0 aromatic carbocycles. The summed E-state index contributed by atoms with van der Waals surface area (Å²) >= 11 is 0. The topological polar surface area (TPSA) is 64.1 Å². The molecular weight excluding hydrogens is 178 g/mol. The first kappa shape index (κ1) is 11.2. The maximum atomic E-state index is 9.25. The molecule has 2 atom stereocenters. The number of hydrogen-bond donors (Lipinski definition) is 2. The number of nitrogens with two attached hydrogens (primary N) is 1. The van der Waals surface area contributed by atoms with Gasteiger partial charge in [0, 0.05) is 18.4 Å². The van der Waals surface area contributed by atoms with E-state index in [1.54, 1.807) is 12.5 Å². The molecule has 4 nitrogen and oxygen atoms in total. The van der Waals surface area contributed by atoms with Crippen LogP contribution in [0, 0.1) is 5.92 Å². The minimum Gasteiger partial charge on any atom is -0.394 e. The lowest BCUT2D eigenvalue weighted by Crippen LogP contribution is -2.35. The summed E-state index contributed by atoms with van der Waals surface area (Å²) in [6.45, 7) is 4.31. The van der Waals surface area contributed by atoms with Crippen molar-refractivity contribution in [1.82, 2.24) is 9.55 Å². The number of rotatable bonds is 5. The molecule has 1 rings (SSSR count). The first-order valence-corrected chi connectivity index (χ1v) is 4.99. The number of aliphatic hydroxyl groups excluding tert-OH is 1. The van der Waals surface area contributed by atoms with Gasteiger partial charge in [-0.2, -0.15) is 0 Å². The minimum absolute atomic E-state index is 0.0193. The van der Waals surface area contributed by atoms with E-state index in [1.807, 2.05) is 10.8 Å². The van der Waals surface area contributed by atoms with Crippen LogP contribution in [0.4, 0.5) is 0 Å². The maximum Gasteiger partial charge on any atom is 0.0949 e. The second-order valence-corrected chi connectivity index (χ2v) is 4.05. The van der Waals surface area contributed by atoms with Crippen LogP contribution in [0.2, 0.25) is 0 Å². The van der Waals surface area contributed by atoms with E-state index in [9.17, 15) is 5.11 Å². The Hall–Kier alpha value is -0.870. The molecule has 0 spiro atoms. The van der Waals surface area contributed by atoms with Crippen LogP contribution in [0.15, 0.2) is 18.7 Å². The quantitative estimate of drug-likeness (QED) is 0.733. The van der Waals surface area contributed by atoms with Crippen molar-refractivity contribution < 1.29 is 5.11 Å². The van der Waals surface area contributed by atoms with Gasteiger partial charge in [-0.1, -0.05) is 13.8 Å². The van der Waals surface area contributed by atoms with E-state index in [0.29, 0.717) is 5.92 Å². The molecule has 0 saturated heterocycles. The maximum absolute atomic E-state index is 9.25. The van der Waals surface area contributed by atoms with Crippen LogP contribution in [0.25, 0.3) is 0 Å². The van der Waals surface area contributed by atoms with Gasteiger partial charge in [0.15, 0.2) is 0 Å². The first-order valence-electron chi connectivity index (χ1n) is 4.99. The molecule has 0 fully saturated rings. The first-order chi connectivity index (χ1) is 6.65. The van der Waals surface area contributed by atoms with E-state index in [1.165, 1.54) is 0 Å². The fraction of sp³-hybridized carbons (Fsp3) is 0.700. The van der Waals surface area contributed by atoms with E-state index < -0.39 is 0 Å². The van der Waals surface area contributed by atoms with E-state index in [4.69, 9.17) is 5.73 Å². The molecule has 4 heteroatoms. The predicted octanol–water partition coefficient (Wildman–Crippen LogP) is 0.790. The standard InChI is InChI=1S/C10H19N3O/c1-8(2)5-9(11)10(6-14)13-4-3-12-7-13/h3-4,7-10,14H,5-6,11H2,1-2H3. The molecular formula is C10H19N3O. The van der Waals surface area contributed by atoms with Gasteiger partial charge >= 0.3 is 0 Å². The monoisotopic (exact) mass is 197 g/mol. The summed E-state index contributed by atoms with van der Waals surface area (Å²) in [6.07, 6.45) is 6.14. The number of aromatic nitrogens is 2. The van der Waals surface area contributed by atoms with Crippen LogP contribution in [-0.4, -0.2) is 27.3 Å². The highest BCUT2D eigenvalue weighted by Crippen LogP contribution is 2.15. The number of imidazole rings is 1. The fourth-order valence-electron chi connectivity index (χ4n) is 1.62. The van der Waals surface area contributed by atoms with Crippen LogP contribution in [-0.2, 0) is 0 Å². The average molecular weight is 197 g/mol. The molecule has 3 N–H and O–H groups in total. The van der Waals surface area contributed by atoms with Crippen LogP contribution in [0.5, 0.6) is 0 Å². The average Bonchev–Trinajstić information content (AvgIpc) is 2.57. The molecule has 0 aliphatic rings. The smallest absolute Gasteiger partial charge is 0.0949 e. The fourth-order valence-corrected chi connectivity index (χ4v) is 1.62. The van der Waals surface area contributed by atoms with Crippen molar-refractivity contribution in [1.29, 1.82) is 0 Å². The second-order valence-electron chi connectivity index (χ2n) is 4.05. The van der Waals surface area contributed by atoms with E-state index in [0.717, 1.165) is 6.42 Å². The highest BCUT2D eigenvalue weighted by atomic mass is 16.3. The highest BCUT2D eigenvalue weighted by Gasteiger charge is 2.18. The SMILES string of the molecule is CC(C)CC(N)C(CO)n1ccnc1. The number of aliphatic hydroxyl groups is 1. The molecule has 80 valence electrons. The van der Waals surface area contributed by atoms with Gasteiger partial charge in [-0.15, -0.1) is 0 Å². The van der Waals surface area contributed by atoms with Crippen LogP contribution in [0.1, 0.15) is 26.3 Å². The summed E-state index contributed by atoms with van der Waals surface area (Å²) < 4.78 is 1.87. The van der Waals surface area contributed by atoms with Gasteiger partial charge in [-0.05, 0) is 12.3 Å². The Morgan fingerprint density at radius 2 is 2.21 bits per heavy atom. The summed E-state index contributed by atoms with van der Waals surface area (Å²) in [5, 5.41) is 9.25.